The van der Waals surface area contributed by atoms with Gasteiger partial charge in [0.05, 0.1) is 17.5 Å². The maximum Gasteiger partial charge on any atom is 0.338 e. The Morgan fingerprint density at radius 1 is 0.714 bits per heavy atom. The first-order valence-corrected chi connectivity index (χ1v) is 11.0. The molecule has 2 N–H and O–H groups in total. The summed E-state index contributed by atoms with van der Waals surface area (Å²) in [5.41, 5.74) is 4.24. The van der Waals surface area contributed by atoms with Crippen molar-refractivity contribution in [2.45, 2.75) is 51.4 Å². The van der Waals surface area contributed by atoms with Crippen LogP contribution in [0, 0.1) is 0 Å². The molecule has 0 radical (unpaired) electrons. The van der Waals surface area contributed by atoms with Crippen LogP contribution < -0.4 is 5.73 Å². The summed E-state index contributed by atoms with van der Waals surface area (Å²) < 4.78 is 21.1. The zero-order valence-corrected chi connectivity index (χ0v) is 20.3. The van der Waals surface area contributed by atoms with Gasteiger partial charge in [-0.3, -0.25) is 9.59 Å². The van der Waals surface area contributed by atoms with Gasteiger partial charge in [0.15, 0.2) is 0 Å². The number of esters is 4. The van der Waals surface area contributed by atoms with Crippen LogP contribution in [0.25, 0.3) is 0 Å². The van der Waals surface area contributed by atoms with Gasteiger partial charge in [-0.15, -0.1) is 0 Å². The smallest absolute Gasteiger partial charge is 0.338 e. The molecule has 0 saturated heterocycles. The van der Waals surface area contributed by atoms with Crippen molar-refractivity contribution in [2.24, 2.45) is 5.73 Å². The second kappa shape index (κ2) is 12.1. The van der Waals surface area contributed by atoms with Gasteiger partial charge in [0.1, 0.15) is 30.5 Å². The van der Waals surface area contributed by atoms with Crippen LogP contribution >= 0.6 is 0 Å². The van der Waals surface area contributed by atoms with Crippen LogP contribution in [-0.4, -0.2) is 54.3 Å². The first kappa shape index (κ1) is 27.5. The number of nitrogens with two attached hydrogens (primary N) is 1. The van der Waals surface area contributed by atoms with E-state index in [-0.39, 0.29) is 13.2 Å². The lowest BCUT2D eigenvalue weighted by atomic mass is 10.1. The Morgan fingerprint density at radius 2 is 1.11 bits per heavy atom. The number of hydrogen-bond acceptors (Lipinski definition) is 9. The Kier molecular flexibility index (Phi) is 9.53. The highest BCUT2D eigenvalue weighted by Gasteiger charge is 2.32. The van der Waals surface area contributed by atoms with Crippen molar-refractivity contribution in [3.8, 4) is 0 Å². The maximum absolute atomic E-state index is 12.4. The van der Waals surface area contributed by atoms with Gasteiger partial charge in [-0.25, -0.2) is 9.59 Å². The average molecular weight is 486 g/mol. The van der Waals surface area contributed by atoms with Crippen molar-refractivity contribution in [3.63, 3.8) is 0 Å². The molecule has 0 unspecified atom stereocenters. The second-order valence-electron chi connectivity index (χ2n) is 9.11. The molecule has 35 heavy (non-hydrogen) atoms. The highest BCUT2D eigenvalue weighted by molar-refractivity contribution is 5.90. The molecular formula is C26H31NO8. The summed E-state index contributed by atoms with van der Waals surface area (Å²) in [6, 6.07) is 15.5. The Morgan fingerprint density at radius 3 is 1.54 bits per heavy atom. The van der Waals surface area contributed by atoms with Crippen molar-refractivity contribution in [3.05, 3.63) is 71.8 Å². The highest BCUT2D eigenvalue weighted by atomic mass is 16.6. The zero-order chi connectivity index (χ0) is 26.1. The molecule has 9 heteroatoms. The van der Waals surface area contributed by atoms with Crippen LogP contribution in [0.4, 0.5) is 0 Å². The molecule has 2 aromatic carbocycles. The molecule has 2 aromatic rings. The molecule has 0 amide bonds. The van der Waals surface area contributed by atoms with E-state index in [2.05, 4.69) is 0 Å². The molecule has 188 valence electrons. The van der Waals surface area contributed by atoms with Gasteiger partial charge in [-0.2, -0.15) is 0 Å². The van der Waals surface area contributed by atoms with E-state index in [1.807, 2.05) is 0 Å². The predicted molar refractivity (Wildman–Crippen MR) is 126 cm³/mol. The van der Waals surface area contributed by atoms with E-state index < -0.39 is 47.5 Å². The molecule has 0 fully saturated rings. The van der Waals surface area contributed by atoms with Gasteiger partial charge in [0.25, 0.3) is 0 Å². The third-order valence-electron chi connectivity index (χ3n) is 4.58. The summed E-state index contributed by atoms with van der Waals surface area (Å²) in [5, 5.41) is 0. The third kappa shape index (κ3) is 9.58. The van der Waals surface area contributed by atoms with Crippen LogP contribution in [0.5, 0.6) is 0 Å². The number of hydrogen-bond donors (Lipinski definition) is 1. The van der Waals surface area contributed by atoms with E-state index in [0.717, 1.165) is 0 Å². The number of ether oxygens (including phenoxy) is 4. The van der Waals surface area contributed by atoms with Crippen molar-refractivity contribution < 1.29 is 38.1 Å². The molecule has 0 aliphatic rings. The second-order valence-corrected chi connectivity index (χ2v) is 9.11. The lowest BCUT2D eigenvalue weighted by Crippen LogP contribution is -2.43. The van der Waals surface area contributed by atoms with Crippen molar-refractivity contribution in [1.29, 1.82) is 0 Å². The summed E-state index contributed by atoms with van der Waals surface area (Å²) >= 11 is 0. The molecule has 0 spiro atoms. The molecule has 0 aromatic heterocycles. The summed E-state index contributed by atoms with van der Waals surface area (Å²) in [6.45, 7) is 5.85. The summed E-state index contributed by atoms with van der Waals surface area (Å²) in [5.74, 6) is -2.72. The number of rotatable bonds is 11. The Balaban J connectivity index is 1.78. The van der Waals surface area contributed by atoms with E-state index in [4.69, 9.17) is 24.7 Å². The van der Waals surface area contributed by atoms with Crippen molar-refractivity contribution in [1.82, 2.24) is 0 Å². The van der Waals surface area contributed by atoms with Gasteiger partial charge in [-0.05, 0) is 52.0 Å². The number of carbonyl (C=O) groups is 4. The highest BCUT2D eigenvalue weighted by Crippen LogP contribution is 2.16. The van der Waals surface area contributed by atoms with Crippen LogP contribution in [0.2, 0.25) is 0 Å². The largest absolute Gasteiger partial charge is 0.458 e. The van der Waals surface area contributed by atoms with E-state index in [9.17, 15) is 19.2 Å². The Hall–Kier alpha value is -3.72. The minimum atomic E-state index is -1.30. The van der Waals surface area contributed by atoms with Gasteiger partial charge >= 0.3 is 23.9 Å². The molecule has 0 heterocycles. The predicted octanol–water partition coefficient (Wildman–Crippen LogP) is 3.06. The van der Waals surface area contributed by atoms with E-state index in [1.165, 1.54) is 0 Å². The lowest BCUT2D eigenvalue weighted by molar-refractivity contribution is -0.168. The SMILES string of the molecule is CC(C)(COC(=O)c1ccccc1)OC(=O)C[C@H](N)C(=O)OC(C)(C)COC(=O)c1ccccc1. The standard InChI is InChI=1S/C26H31NO8/c1-25(2,16-32-22(29)18-11-7-5-8-12-18)34-21(28)15-20(27)24(31)35-26(3,4)17-33-23(30)19-13-9-6-10-14-19/h5-14,20H,15-17,27H2,1-4H3/t20-/m0/s1. The van der Waals surface area contributed by atoms with Crippen LogP contribution in [0.1, 0.15) is 54.8 Å². The fourth-order valence-corrected chi connectivity index (χ4v) is 2.81. The Labute approximate surface area is 204 Å². The normalized spacial score (nSPS) is 12.3. The van der Waals surface area contributed by atoms with Gasteiger partial charge in [-0.1, -0.05) is 36.4 Å². The van der Waals surface area contributed by atoms with Crippen LogP contribution in [0.3, 0.4) is 0 Å². The van der Waals surface area contributed by atoms with E-state index in [0.29, 0.717) is 11.1 Å². The molecular weight excluding hydrogens is 454 g/mol. The fraction of sp³-hybridized carbons (Fsp3) is 0.385. The fourth-order valence-electron chi connectivity index (χ4n) is 2.81. The Bertz CT molecular complexity index is 1020. The minimum absolute atomic E-state index is 0.189. The molecule has 9 nitrogen and oxygen atoms in total. The molecule has 1 atom stereocenters. The number of carbonyl (C=O) groups excluding carboxylic acids is 4. The maximum atomic E-state index is 12.4. The molecule has 0 bridgehead atoms. The lowest BCUT2D eigenvalue weighted by Gasteiger charge is -2.27. The summed E-state index contributed by atoms with van der Waals surface area (Å²) in [7, 11) is 0. The quantitative estimate of drug-likeness (QED) is 0.377. The molecule has 2 rings (SSSR count). The summed E-state index contributed by atoms with van der Waals surface area (Å²) in [6.07, 6.45) is -0.450. The van der Waals surface area contributed by atoms with Crippen molar-refractivity contribution in [2.75, 3.05) is 13.2 Å². The molecule has 0 saturated carbocycles. The van der Waals surface area contributed by atoms with E-state index in [1.54, 1.807) is 88.4 Å². The van der Waals surface area contributed by atoms with Crippen molar-refractivity contribution >= 4 is 23.9 Å². The third-order valence-corrected chi connectivity index (χ3v) is 4.58. The average Bonchev–Trinajstić information content (AvgIpc) is 2.81. The monoisotopic (exact) mass is 485 g/mol. The van der Waals surface area contributed by atoms with Crippen LogP contribution in [0.15, 0.2) is 60.7 Å². The van der Waals surface area contributed by atoms with Gasteiger partial charge in [0, 0.05) is 0 Å². The molecule has 0 aliphatic heterocycles. The first-order chi connectivity index (χ1) is 16.4. The van der Waals surface area contributed by atoms with Gasteiger partial charge in [0.2, 0.25) is 0 Å². The van der Waals surface area contributed by atoms with E-state index >= 15 is 0 Å². The molecule has 0 aliphatic carbocycles. The first-order valence-electron chi connectivity index (χ1n) is 11.0. The topological polar surface area (TPSA) is 131 Å². The minimum Gasteiger partial charge on any atom is -0.458 e. The number of benzene rings is 2. The van der Waals surface area contributed by atoms with Gasteiger partial charge < -0.3 is 24.7 Å². The zero-order valence-electron chi connectivity index (χ0n) is 20.3. The summed E-state index contributed by atoms with van der Waals surface area (Å²) in [4.78, 5) is 48.9. The van der Waals surface area contributed by atoms with Crippen LogP contribution in [-0.2, 0) is 28.5 Å².